The van der Waals surface area contributed by atoms with E-state index in [1.807, 2.05) is 6.92 Å². The van der Waals surface area contributed by atoms with Gasteiger partial charge in [-0.3, -0.25) is 4.79 Å². The van der Waals surface area contributed by atoms with Crippen molar-refractivity contribution in [3.05, 3.63) is 47.3 Å². The number of nitrogens with two attached hydrogens (primary N) is 1. The van der Waals surface area contributed by atoms with Gasteiger partial charge >= 0.3 is 6.18 Å². The number of aromatic nitrogens is 2. The van der Waals surface area contributed by atoms with Crippen LogP contribution in [0.3, 0.4) is 0 Å². The third kappa shape index (κ3) is 4.00. The number of anilines is 3. The molecule has 0 spiro atoms. The number of halogens is 3. The molecule has 4 rings (SSSR count). The van der Waals surface area contributed by atoms with Gasteiger partial charge in [-0.2, -0.15) is 13.2 Å². The molecule has 1 atom stereocenters. The number of amides is 1. The van der Waals surface area contributed by atoms with Crippen molar-refractivity contribution >= 4 is 34.0 Å². The smallest absolute Gasteiger partial charge is 0.416 e. The third-order valence-electron chi connectivity index (χ3n) is 5.38. The molecule has 0 saturated carbocycles. The normalized spacial score (nSPS) is 14.8. The average molecular weight is 445 g/mol. The van der Waals surface area contributed by atoms with Gasteiger partial charge in [-0.1, -0.05) is 6.92 Å². The van der Waals surface area contributed by atoms with Crippen LogP contribution in [0.2, 0.25) is 0 Å². The lowest BCUT2D eigenvalue weighted by Gasteiger charge is -2.27. The van der Waals surface area contributed by atoms with Gasteiger partial charge in [0, 0.05) is 30.6 Å². The van der Waals surface area contributed by atoms with E-state index in [4.69, 9.17) is 10.5 Å². The van der Waals surface area contributed by atoms with Crippen LogP contribution >= 0.6 is 0 Å². The van der Waals surface area contributed by atoms with E-state index in [1.165, 1.54) is 11.0 Å². The molecule has 0 radical (unpaired) electrons. The average Bonchev–Trinajstić information content (AvgIpc) is 2.74. The lowest BCUT2D eigenvalue weighted by Crippen LogP contribution is -2.35. The first kappa shape index (κ1) is 21.7. The van der Waals surface area contributed by atoms with Crippen molar-refractivity contribution in [3.63, 3.8) is 0 Å². The van der Waals surface area contributed by atoms with Crippen LogP contribution in [0.15, 0.2) is 30.3 Å². The molecular weight excluding hydrogens is 423 g/mol. The Bertz CT molecular complexity index is 1210. The van der Waals surface area contributed by atoms with Crippen molar-refractivity contribution in [2.24, 2.45) is 0 Å². The van der Waals surface area contributed by atoms with Crippen molar-refractivity contribution in [2.75, 3.05) is 29.6 Å². The molecule has 168 valence electrons. The lowest BCUT2D eigenvalue weighted by molar-refractivity contribution is -0.137. The molecule has 2 aromatic carbocycles. The summed E-state index contributed by atoms with van der Waals surface area (Å²) in [7, 11) is 1.65. The predicted octanol–water partition coefficient (Wildman–Crippen LogP) is 4.32. The second-order valence-corrected chi connectivity index (χ2v) is 7.67. The summed E-state index contributed by atoms with van der Waals surface area (Å²) in [4.78, 5) is 22.6. The molecule has 3 aromatic rings. The number of hydrogen-bond donors (Lipinski definition) is 2. The van der Waals surface area contributed by atoms with Crippen molar-refractivity contribution in [3.8, 4) is 5.75 Å². The van der Waals surface area contributed by atoms with Gasteiger partial charge in [0.25, 0.3) is 5.91 Å². The second-order valence-electron chi connectivity index (χ2n) is 7.67. The summed E-state index contributed by atoms with van der Waals surface area (Å²) >= 11 is 0. The van der Waals surface area contributed by atoms with Crippen LogP contribution in [0.4, 0.5) is 30.4 Å². The third-order valence-corrected chi connectivity index (χ3v) is 5.38. The van der Waals surface area contributed by atoms with Gasteiger partial charge in [0.05, 0.1) is 22.8 Å². The number of carbonyl (C=O) groups is 1. The van der Waals surface area contributed by atoms with Crippen molar-refractivity contribution in [2.45, 2.75) is 32.5 Å². The van der Waals surface area contributed by atoms with Gasteiger partial charge in [-0.15, -0.1) is 0 Å². The Kier molecular flexibility index (Phi) is 5.31. The standard InChI is InChI=1S/C22H22F3N5O2/c1-4-19-28-16-9-18-17(30(3)20(31)10-32-18)8-15(16)21(29-19)27-11(2)12-5-13(22(23,24)25)7-14(26)6-12/h5-9,11H,4,10,26H2,1-3H3,(H,27,28,29)/t11-/m1/s1. The molecule has 3 N–H and O–H groups in total. The fourth-order valence-electron chi connectivity index (χ4n) is 3.59. The largest absolute Gasteiger partial charge is 0.481 e. The summed E-state index contributed by atoms with van der Waals surface area (Å²) in [5, 5.41) is 3.82. The van der Waals surface area contributed by atoms with Crippen LogP contribution < -0.4 is 20.7 Å². The highest BCUT2D eigenvalue weighted by atomic mass is 19.4. The van der Waals surface area contributed by atoms with Crippen LogP contribution in [-0.2, 0) is 17.4 Å². The Hall–Kier alpha value is -3.56. The van der Waals surface area contributed by atoms with Crippen LogP contribution in [0.25, 0.3) is 10.9 Å². The van der Waals surface area contributed by atoms with E-state index in [9.17, 15) is 18.0 Å². The quantitative estimate of drug-likeness (QED) is 0.581. The molecule has 0 saturated heterocycles. The highest BCUT2D eigenvalue weighted by Gasteiger charge is 2.31. The van der Waals surface area contributed by atoms with Crippen LogP contribution in [0, 0.1) is 0 Å². The molecule has 0 unspecified atom stereocenters. The summed E-state index contributed by atoms with van der Waals surface area (Å²) in [6, 6.07) is 6.43. The molecule has 1 aromatic heterocycles. The summed E-state index contributed by atoms with van der Waals surface area (Å²) < 4.78 is 45.2. The summed E-state index contributed by atoms with van der Waals surface area (Å²) in [6.45, 7) is 3.58. The number of nitrogen functional groups attached to an aromatic ring is 1. The second kappa shape index (κ2) is 7.85. The van der Waals surface area contributed by atoms with Gasteiger partial charge in [-0.05, 0) is 36.8 Å². The number of alkyl halides is 3. The van der Waals surface area contributed by atoms with Crippen molar-refractivity contribution in [1.29, 1.82) is 0 Å². The number of likely N-dealkylation sites (N-methyl/N-ethyl adjacent to an activating group) is 1. The monoisotopic (exact) mass is 445 g/mol. The number of fused-ring (bicyclic) bond motifs is 2. The Morgan fingerprint density at radius 3 is 2.66 bits per heavy atom. The zero-order valence-electron chi connectivity index (χ0n) is 17.7. The minimum Gasteiger partial charge on any atom is -0.481 e. The molecule has 0 bridgehead atoms. The fraction of sp³-hybridized carbons (Fsp3) is 0.318. The van der Waals surface area contributed by atoms with E-state index in [0.717, 1.165) is 12.1 Å². The number of aryl methyl sites for hydroxylation is 1. The number of carbonyl (C=O) groups excluding carboxylic acids is 1. The fourth-order valence-corrected chi connectivity index (χ4v) is 3.59. The molecular formula is C22H22F3N5O2. The molecule has 1 aliphatic rings. The number of nitrogens with zero attached hydrogens (tertiary/aromatic N) is 3. The summed E-state index contributed by atoms with van der Waals surface area (Å²) in [5.41, 5.74) is 6.49. The number of rotatable bonds is 4. The first-order chi connectivity index (χ1) is 15.1. The molecule has 32 heavy (non-hydrogen) atoms. The maximum absolute atomic E-state index is 13.2. The molecule has 10 heteroatoms. The number of hydrogen-bond acceptors (Lipinski definition) is 6. The van der Waals surface area contributed by atoms with Crippen molar-refractivity contribution in [1.82, 2.24) is 9.97 Å². The van der Waals surface area contributed by atoms with Gasteiger partial charge in [0.1, 0.15) is 17.4 Å². The number of benzene rings is 2. The van der Waals surface area contributed by atoms with E-state index < -0.39 is 17.8 Å². The van der Waals surface area contributed by atoms with Gasteiger partial charge in [-0.25, -0.2) is 9.97 Å². The molecule has 1 amide bonds. The number of ether oxygens (including phenoxy) is 1. The lowest BCUT2D eigenvalue weighted by atomic mass is 10.0. The zero-order valence-corrected chi connectivity index (χ0v) is 17.7. The van der Waals surface area contributed by atoms with Gasteiger partial charge in [0.2, 0.25) is 0 Å². The molecule has 1 aliphatic heterocycles. The minimum atomic E-state index is -4.50. The van der Waals surface area contributed by atoms with Gasteiger partial charge < -0.3 is 20.7 Å². The summed E-state index contributed by atoms with van der Waals surface area (Å²) in [5.74, 6) is 1.36. The van der Waals surface area contributed by atoms with E-state index >= 15 is 0 Å². The Balaban J connectivity index is 1.78. The first-order valence-corrected chi connectivity index (χ1v) is 10.0. The van der Waals surface area contributed by atoms with Crippen LogP contribution in [0.5, 0.6) is 5.75 Å². The Labute approximate surface area is 182 Å². The van der Waals surface area contributed by atoms with E-state index in [2.05, 4.69) is 15.3 Å². The number of nitrogens with one attached hydrogen (secondary N) is 1. The maximum atomic E-state index is 13.2. The van der Waals surface area contributed by atoms with E-state index in [-0.39, 0.29) is 18.2 Å². The highest BCUT2D eigenvalue weighted by molar-refractivity contribution is 6.02. The predicted molar refractivity (Wildman–Crippen MR) is 116 cm³/mol. The van der Waals surface area contributed by atoms with Gasteiger partial charge in [0.15, 0.2) is 6.61 Å². The van der Waals surface area contributed by atoms with Crippen LogP contribution in [-0.4, -0.2) is 29.5 Å². The topological polar surface area (TPSA) is 93.4 Å². The molecule has 0 fully saturated rings. The summed E-state index contributed by atoms with van der Waals surface area (Å²) in [6.07, 6.45) is -3.94. The van der Waals surface area contributed by atoms with Crippen LogP contribution in [0.1, 0.15) is 36.8 Å². The maximum Gasteiger partial charge on any atom is 0.416 e. The van der Waals surface area contributed by atoms with E-state index in [1.54, 1.807) is 26.1 Å². The van der Waals surface area contributed by atoms with E-state index in [0.29, 0.717) is 46.0 Å². The molecule has 2 heterocycles. The van der Waals surface area contributed by atoms with Crippen molar-refractivity contribution < 1.29 is 22.7 Å². The molecule has 7 nitrogen and oxygen atoms in total. The minimum absolute atomic E-state index is 0.0247. The first-order valence-electron chi connectivity index (χ1n) is 10.0. The SMILES string of the molecule is CCc1nc(N[C@H](C)c2cc(N)cc(C(F)(F)F)c2)c2cc3c(cc2n1)OCC(=O)N3C. The highest BCUT2D eigenvalue weighted by Crippen LogP contribution is 2.38. The Morgan fingerprint density at radius 1 is 1.22 bits per heavy atom. The Morgan fingerprint density at radius 2 is 1.97 bits per heavy atom. The zero-order chi connectivity index (χ0) is 23.2. The molecule has 0 aliphatic carbocycles.